The van der Waals surface area contributed by atoms with Crippen LogP contribution < -0.4 is 5.32 Å². The van der Waals surface area contributed by atoms with Crippen LogP contribution in [-0.2, 0) is 4.79 Å². The van der Waals surface area contributed by atoms with E-state index in [1.54, 1.807) is 12.1 Å². The van der Waals surface area contributed by atoms with Crippen molar-refractivity contribution in [3.63, 3.8) is 0 Å². The van der Waals surface area contributed by atoms with Crippen LogP contribution in [-0.4, -0.2) is 17.0 Å². The molecule has 1 fully saturated rings. The predicted octanol–water partition coefficient (Wildman–Crippen LogP) is 4.63. The van der Waals surface area contributed by atoms with Crippen molar-refractivity contribution in [3.8, 4) is 10.4 Å². The van der Waals surface area contributed by atoms with Crippen LogP contribution in [0.5, 0.6) is 0 Å². The Kier molecular flexibility index (Phi) is 4.76. The van der Waals surface area contributed by atoms with Crippen LogP contribution in [0.1, 0.15) is 41.8 Å². The van der Waals surface area contributed by atoms with Gasteiger partial charge in [-0.1, -0.05) is 31.4 Å². The molecular formula is C18H19NO3S. The molecule has 3 rings (SSSR count). The first kappa shape index (κ1) is 15.7. The molecule has 0 saturated heterocycles. The quantitative estimate of drug-likeness (QED) is 0.859. The minimum absolute atomic E-state index is 0.0965. The van der Waals surface area contributed by atoms with Crippen molar-refractivity contribution in [3.05, 3.63) is 41.3 Å². The number of anilines is 1. The number of carbonyl (C=O) groups excluding carboxylic acids is 1. The van der Waals surface area contributed by atoms with Crippen LogP contribution in [0.3, 0.4) is 0 Å². The maximum Gasteiger partial charge on any atom is 0.345 e. The second-order valence-corrected chi connectivity index (χ2v) is 6.96. The average Bonchev–Trinajstić information content (AvgIpc) is 3.06. The first-order chi connectivity index (χ1) is 11.1. The normalized spacial score (nSPS) is 15.3. The topological polar surface area (TPSA) is 66.4 Å². The van der Waals surface area contributed by atoms with Gasteiger partial charge in [0.2, 0.25) is 5.91 Å². The number of carboxylic acid groups (broad SMARTS) is 1. The molecule has 0 atom stereocenters. The second-order valence-electron chi connectivity index (χ2n) is 5.87. The van der Waals surface area contributed by atoms with Crippen LogP contribution in [0, 0.1) is 5.92 Å². The minimum Gasteiger partial charge on any atom is -0.477 e. The maximum atomic E-state index is 12.3. The Morgan fingerprint density at radius 1 is 1.09 bits per heavy atom. The van der Waals surface area contributed by atoms with Crippen LogP contribution in [0.25, 0.3) is 10.4 Å². The third kappa shape index (κ3) is 3.79. The van der Waals surface area contributed by atoms with Crippen molar-refractivity contribution in [1.29, 1.82) is 0 Å². The van der Waals surface area contributed by atoms with E-state index in [1.807, 2.05) is 24.3 Å². The van der Waals surface area contributed by atoms with Gasteiger partial charge in [0, 0.05) is 16.5 Å². The third-order valence-corrected chi connectivity index (χ3v) is 5.33. The van der Waals surface area contributed by atoms with Gasteiger partial charge in [0.05, 0.1) is 0 Å². The van der Waals surface area contributed by atoms with E-state index in [1.165, 1.54) is 17.8 Å². The molecule has 120 valence electrons. The molecule has 1 aliphatic carbocycles. The van der Waals surface area contributed by atoms with E-state index in [0.717, 1.165) is 41.8 Å². The highest BCUT2D eigenvalue weighted by Crippen LogP contribution is 2.30. The highest BCUT2D eigenvalue weighted by Gasteiger charge is 2.21. The van der Waals surface area contributed by atoms with E-state index >= 15 is 0 Å². The van der Waals surface area contributed by atoms with Crippen LogP contribution in [0.15, 0.2) is 36.4 Å². The molecule has 2 N–H and O–H groups in total. The fraction of sp³-hybridized carbons (Fsp3) is 0.333. The average molecular weight is 329 g/mol. The van der Waals surface area contributed by atoms with Gasteiger partial charge in [-0.05, 0) is 42.7 Å². The number of thiophene rings is 1. The van der Waals surface area contributed by atoms with E-state index in [-0.39, 0.29) is 11.8 Å². The number of nitrogens with one attached hydrogen (secondary N) is 1. The van der Waals surface area contributed by atoms with Gasteiger partial charge in [0.15, 0.2) is 0 Å². The van der Waals surface area contributed by atoms with E-state index < -0.39 is 5.97 Å². The lowest BCUT2D eigenvalue weighted by Crippen LogP contribution is -2.24. The number of carbonyl (C=O) groups is 2. The number of rotatable bonds is 4. The summed E-state index contributed by atoms with van der Waals surface area (Å²) < 4.78 is 0. The highest BCUT2D eigenvalue weighted by molar-refractivity contribution is 7.17. The molecule has 1 saturated carbocycles. The summed E-state index contributed by atoms with van der Waals surface area (Å²) >= 11 is 1.24. The number of hydrogen-bond acceptors (Lipinski definition) is 3. The zero-order chi connectivity index (χ0) is 16.2. The molecule has 1 aliphatic rings. The smallest absolute Gasteiger partial charge is 0.345 e. The molecule has 23 heavy (non-hydrogen) atoms. The van der Waals surface area contributed by atoms with Crippen LogP contribution >= 0.6 is 11.3 Å². The third-order valence-electron chi connectivity index (χ3n) is 4.21. The molecular weight excluding hydrogens is 310 g/mol. The Morgan fingerprint density at radius 2 is 1.87 bits per heavy atom. The van der Waals surface area contributed by atoms with E-state index in [2.05, 4.69) is 5.32 Å². The molecule has 0 spiro atoms. The Bertz CT molecular complexity index is 717. The van der Waals surface area contributed by atoms with E-state index in [0.29, 0.717) is 4.88 Å². The van der Waals surface area contributed by atoms with Crippen LogP contribution in [0.2, 0.25) is 0 Å². The van der Waals surface area contributed by atoms with Gasteiger partial charge in [0.25, 0.3) is 0 Å². The maximum absolute atomic E-state index is 12.3. The number of hydrogen-bond donors (Lipinski definition) is 2. The lowest BCUT2D eigenvalue weighted by Gasteiger charge is -2.20. The summed E-state index contributed by atoms with van der Waals surface area (Å²) in [6, 6.07) is 11.0. The summed E-state index contributed by atoms with van der Waals surface area (Å²) in [7, 11) is 0. The van der Waals surface area contributed by atoms with Crippen molar-refractivity contribution in [1.82, 2.24) is 0 Å². The fourth-order valence-electron chi connectivity index (χ4n) is 2.97. The Hall–Kier alpha value is -2.14. The number of benzene rings is 1. The highest BCUT2D eigenvalue weighted by atomic mass is 32.1. The fourth-order valence-corrected chi connectivity index (χ4v) is 3.81. The minimum atomic E-state index is -0.914. The van der Waals surface area contributed by atoms with Gasteiger partial charge in [-0.25, -0.2) is 4.79 Å². The van der Waals surface area contributed by atoms with Gasteiger partial charge in [0.1, 0.15) is 4.88 Å². The molecule has 2 aromatic rings. The van der Waals surface area contributed by atoms with Crippen molar-refractivity contribution in [2.24, 2.45) is 5.92 Å². The molecule has 5 heteroatoms. The molecule has 4 nitrogen and oxygen atoms in total. The van der Waals surface area contributed by atoms with Gasteiger partial charge in [-0.2, -0.15) is 0 Å². The Labute approximate surface area is 139 Å². The van der Waals surface area contributed by atoms with E-state index in [9.17, 15) is 9.59 Å². The molecule has 0 unspecified atom stereocenters. The van der Waals surface area contributed by atoms with Gasteiger partial charge >= 0.3 is 5.97 Å². The van der Waals surface area contributed by atoms with Crippen LogP contribution in [0.4, 0.5) is 5.69 Å². The zero-order valence-corrected chi connectivity index (χ0v) is 13.6. The van der Waals surface area contributed by atoms with E-state index in [4.69, 9.17) is 5.11 Å². The summed E-state index contributed by atoms with van der Waals surface area (Å²) in [6.07, 6.45) is 5.43. The monoisotopic (exact) mass is 329 g/mol. The number of carboxylic acids is 1. The molecule has 1 amide bonds. The zero-order valence-electron chi connectivity index (χ0n) is 12.7. The summed E-state index contributed by atoms with van der Waals surface area (Å²) in [5.41, 5.74) is 1.69. The molecule has 1 heterocycles. The lowest BCUT2D eigenvalue weighted by atomic mass is 9.88. The Balaban J connectivity index is 1.73. The van der Waals surface area contributed by atoms with Gasteiger partial charge < -0.3 is 10.4 Å². The second kappa shape index (κ2) is 6.96. The standard InChI is InChI=1S/C18H19NO3S/c20-17(12-5-2-1-3-6-12)19-14-8-4-7-13(11-14)15-9-10-16(23-15)18(21)22/h4,7-12H,1-3,5-6H2,(H,19,20)(H,21,22). The predicted molar refractivity (Wildman–Crippen MR) is 91.9 cm³/mol. The molecule has 0 aliphatic heterocycles. The molecule has 1 aromatic heterocycles. The summed E-state index contributed by atoms with van der Waals surface area (Å²) in [6.45, 7) is 0. The summed E-state index contributed by atoms with van der Waals surface area (Å²) in [4.78, 5) is 24.5. The van der Waals surface area contributed by atoms with Gasteiger partial charge in [-0.15, -0.1) is 11.3 Å². The van der Waals surface area contributed by atoms with Gasteiger partial charge in [-0.3, -0.25) is 4.79 Å². The summed E-state index contributed by atoms with van der Waals surface area (Å²) in [5.74, 6) is -0.699. The van der Waals surface area contributed by atoms with Crippen molar-refractivity contribution < 1.29 is 14.7 Å². The van der Waals surface area contributed by atoms with Crippen molar-refractivity contribution in [2.75, 3.05) is 5.32 Å². The van der Waals surface area contributed by atoms with Crippen molar-refractivity contribution in [2.45, 2.75) is 32.1 Å². The Morgan fingerprint density at radius 3 is 2.57 bits per heavy atom. The first-order valence-electron chi connectivity index (χ1n) is 7.88. The first-order valence-corrected chi connectivity index (χ1v) is 8.69. The summed E-state index contributed by atoms with van der Waals surface area (Å²) in [5, 5.41) is 12.0. The SMILES string of the molecule is O=C(O)c1ccc(-c2cccc(NC(=O)C3CCCCC3)c2)s1. The largest absolute Gasteiger partial charge is 0.477 e. The molecule has 1 aromatic carbocycles. The van der Waals surface area contributed by atoms with Crippen molar-refractivity contribution >= 4 is 28.9 Å². The lowest BCUT2D eigenvalue weighted by molar-refractivity contribution is -0.120. The number of aromatic carboxylic acids is 1. The number of amides is 1. The molecule has 0 radical (unpaired) electrons. The molecule has 0 bridgehead atoms.